The van der Waals surface area contributed by atoms with Crippen molar-refractivity contribution in [2.45, 2.75) is 37.4 Å². The lowest BCUT2D eigenvalue weighted by atomic mass is 10.0. The van der Waals surface area contributed by atoms with Crippen LogP contribution in [0.1, 0.15) is 36.3 Å². The summed E-state index contributed by atoms with van der Waals surface area (Å²) >= 11 is 0. The maximum absolute atomic E-state index is 13.1. The lowest BCUT2D eigenvalue weighted by molar-refractivity contribution is -0.148. The summed E-state index contributed by atoms with van der Waals surface area (Å²) in [5.74, 6) is -2.41. The number of benzene rings is 1. The minimum Gasteiger partial charge on any atom is -0.480 e. The average Bonchev–Trinajstić information content (AvgIpc) is 3.13. The zero-order valence-electron chi connectivity index (χ0n) is 12.2. The second kappa shape index (κ2) is 5.54. The molecule has 23 heavy (non-hydrogen) atoms. The molecular weight excluding hydrogens is 311 g/mol. The number of carboxylic acid groups (broad SMARTS) is 1. The van der Waals surface area contributed by atoms with Gasteiger partial charge in [0.2, 0.25) is 5.91 Å². The van der Waals surface area contributed by atoms with E-state index in [0.29, 0.717) is 25.8 Å². The molecule has 3 rings (SSSR count). The molecule has 2 fully saturated rings. The monoisotopic (exact) mass is 327 g/mol. The number of hydrogen-bond donors (Lipinski definition) is 1. The standard InChI is InChI=1S/C16H16F3NO3/c17-16(18,19)12-5-2-1-4-9(12)10-8-11(10)14(21)20-7-3-6-13(20)15(22)23/h1-2,4-5,10-11,13H,3,6-8H2,(H,22,23)/t10-,11+,13-/m0/s1. The topological polar surface area (TPSA) is 57.6 Å². The second-order valence-corrected chi connectivity index (χ2v) is 6.06. The van der Waals surface area contributed by atoms with Crippen LogP contribution in [0, 0.1) is 5.92 Å². The molecule has 0 aromatic heterocycles. The number of carboxylic acids is 1. The minimum absolute atomic E-state index is 0.129. The molecule has 1 aliphatic carbocycles. The van der Waals surface area contributed by atoms with Gasteiger partial charge in [-0.2, -0.15) is 13.2 Å². The Morgan fingerprint density at radius 2 is 1.91 bits per heavy atom. The Morgan fingerprint density at radius 3 is 2.57 bits per heavy atom. The molecule has 1 heterocycles. The maximum Gasteiger partial charge on any atom is 0.416 e. The molecule has 1 aromatic carbocycles. The number of likely N-dealkylation sites (tertiary alicyclic amines) is 1. The van der Waals surface area contributed by atoms with Crippen molar-refractivity contribution < 1.29 is 27.9 Å². The van der Waals surface area contributed by atoms with E-state index in [1.54, 1.807) is 0 Å². The SMILES string of the molecule is O=C(O)[C@@H]1CCCN1C(=O)[C@@H]1C[C@H]1c1ccccc1C(F)(F)F. The number of nitrogens with zero attached hydrogens (tertiary/aromatic N) is 1. The van der Waals surface area contributed by atoms with E-state index in [0.717, 1.165) is 6.07 Å². The number of rotatable bonds is 3. The first kappa shape index (κ1) is 15.8. The molecule has 0 spiro atoms. The van der Waals surface area contributed by atoms with Crippen LogP contribution >= 0.6 is 0 Å². The Balaban J connectivity index is 1.78. The average molecular weight is 327 g/mol. The van der Waals surface area contributed by atoms with Gasteiger partial charge in [-0.15, -0.1) is 0 Å². The van der Waals surface area contributed by atoms with E-state index >= 15 is 0 Å². The third-order valence-corrected chi connectivity index (χ3v) is 4.59. The lowest BCUT2D eigenvalue weighted by Gasteiger charge is -2.21. The number of carbonyl (C=O) groups excluding carboxylic acids is 1. The molecule has 1 saturated heterocycles. The van der Waals surface area contributed by atoms with Crippen LogP contribution in [0.3, 0.4) is 0 Å². The molecule has 7 heteroatoms. The number of halogens is 3. The van der Waals surface area contributed by atoms with Crippen molar-refractivity contribution in [2.24, 2.45) is 5.92 Å². The number of aliphatic carboxylic acids is 1. The fraction of sp³-hybridized carbons (Fsp3) is 0.500. The van der Waals surface area contributed by atoms with Gasteiger partial charge < -0.3 is 10.0 Å². The number of amides is 1. The quantitative estimate of drug-likeness (QED) is 0.929. The van der Waals surface area contributed by atoms with Crippen LogP contribution in [0.2, 0.25) is 0 Å². The summed E-state index contributed by atoms with van der Waals surface area (Å²) in [6.45, 7) is 0.361. The Bertz CT molecular complexity index is 644. The molecule has 2 aliphatic rings. The van der Waals surface area contributed by atoms with Crippen molar-refractivity contribution in [1.82, 2.24) is 4.90 Å². The molecule has 1 amide bonds. The predicted molar refractivity (Wildman–Crippen MR) is 74.7 cm³/mol. The zero-order chi connectivity index (χ0) is 16.8. The zero-order valence-corrected chi connectivity index (χ0v) is 12.2. The Labute approximate surface area is 130 Å². The van der Waals surface area contributed by atoms with Crippen molar-refractivity contribution in [3.63, 3.8) is 0 Å². The van der Waals surface area contributed by atoms with Crippen molar-refractivity contribution in [3.8, 4) is 0 Å². The van der Waals surface area contributed by atoms with E-state index in [2.05, 4.69) is 0 Å². The van der Waals surface area contributed by atoms with Crippen LogP contribution in [0.4, 0.5) is 13.2 Å². The van der Waals surface area contributed by atoms with E-state index in [-0.39, 0.29) is 11.5 Å². The second-order valence-electron chi connectivity index (χ2n) is 6.06. The molecule has 0 radical (unpaired) electrons. The van der Waals surface area contributed by atoms with Crippen LogP contribution in [0.25, 0.3) is 0 Å². The summed E-state index contributed by atoms with van der Waals surface area (Å²) in [6.07, 6.45) is -3.10. The van der Waals surface area contributed by atoms with Crippen LogP contribution in [0.15, 0.2) is 24.3 Å². The van der Waals surface area contributed by atoms with Crippen LogP contribution in [-0.2, 0) is 15.8 Å². The minimum atomic E-state index is -4.45. The molecule has 0 unspecified atom stereocenters. The number of carbonyl (C=O) groups is 2. The first-order chi connectivity index (χ1) is 10.8. The summed E-state index contributed by atoms with van der Waals surface area (Å²) in [5.41, 5.74) is -0.582. The van der Waals surface area contributed by atoms with Gasteiger partial charge in [0.1, 0.15) is 6.04 Å². The lowest BCUT2D eigenvalue weighted by Crippen LogP contribution is -2.41. The van der Waals surface area contributed by atoms with E-state index in [1.807, 2.05) is 0 Å². The molecule has 1 saturated carbocycles. The molecule has 1 aromatic rings. The number of alkyl halides is 3. The molecular formula is C16H16F3NO3. The molecule has 1 aliphatic heterocycles. The largest absolute Gasteiger partial charge is 0.480 e. The third kappa shape index (κ3) is 2.92. The molecule has 0 bridgehead atoms. The Morgan fingerprint density at radius 1 is 1.22 bits per heavy atom. The summed E-state index contributed by atoms with van der Waals surface area (Å²) in [7, 11) is 0. The van der Waals surface area contributed by atoms with Gasteiger partial charge in [0.15, 0.2) is 0 Å². The molecule has 3 atom stereocenters. The van der Waals surface area contributed by atoms with Crippen LogP contribution in [0.5, 0.6) is 0 Å². The van der Waals surface area contributed by atoms with E-state index < -0.39 is 35.6 Å². The van der Waals surface area contributed by atoms with Gasteiger partial charge in [-0.1, -0.05) is 18.2 Å². The smallest absolute Gasteiger partial charge is 0.416 e. The molecule has 4 nitrogen and oxygen atoms in total. The summed E-state index contributed by atoms with van der Waals surface area (Å²) < 4.78 is 39.2. The predicted octanol–water partition coefficient (Wildman–Crippen LogP) is 2.88. The molecule has 124 valence electrons. The van der Waals surface area contributed by atoms with Gasteiger partial charge in [0, 0.05) is 12.5 Å². The van der Waals surface area contributed by atoms with E-state index in [9.17, 15) is 22.8 Å². The third-order valence-electron chi connectivity index (χ3n) is 4.59. The van der Waals surface area contributed by atoms with Crippen molar-refractivity contribution in [1.29, 1.82) is 0 Å². The fourth-order valence-electron chi connectivity index (χ4n) is 3.39. The van der Waals surface area contributed by atoms with Gasteiger partial charge in [-0.3, -0.25) is 4.79 Å². The van der Waals surface area contributed by atoms with Gasteiger partial charge in [-0.05, 0) is 36.8 Å². The summed E-state index contributed by atoms with van der Waals surface area (Å²) in [5, 5.41) is 9.13. The van der Waals surface area contributed by atoms with Crippen molar-refractivity contribution >= 4 is 11.9 Å². The highest BCUT2D eigenvalue weighted by Gasteiger charge is 2.51. The Hall–Kier alpha value is -2.05. The number of hydrogen-bond acceptors (Lipinski definition) is 2. The summed E-state index contributed by atoms with van der Waals surface area (Å²) in [6, 6.07) is 4.43. The van der Waals surface area contributed by atoms with Gasteiger partial charge in [0.25, 0.3) is 0 Å². The Kier molecular flexibility index (Phi) is 3.82. The highest BCUT2D eigenvalue weighted by atomic mass is 19.4. The molecule has 1 N–H and O–H groups in total. The normalized spacial score (nSPS) is 27.1. The highest BCUT2D eigenvalue weighted by molar-refractivity contribution is 5.88. The van der Waals surface area contributed by atoms with Gasteiger partial charge in [-0.25, -0.2) is 4.79 Å². The van der Waals surface area contributed by atoms with Crippen molar-refractivity contribution in [2.75, 3.05) is 6.54 Å². The van der Waals surface area contributed by atoms with Crippen molar-refractivity contribution in [3.05, 3.63) is 35.4 Å². The first-order valence-corrected chi connectivity index (χ1v) is 7.50. The highest BCUT2D eigenvalue weighted by Crippen LogP contribution is 2.52. The van der Waals surface area contributed by atoms with E-state index in [4.69, 9.17) is 5.11 Å². The van der Waals surface area contributed by atoms with E-state index in [1.165, 1.54) is 23.1 Å². The van der Waals surface area contributed by atoms with Crippen LogP contribution < -0.4 is 0 Å². The fourth-order valence-corrected chi connectivity index (χ4v) is 3.39. The van der Waals surface area contributed by atoms with Crippen LogP contribution in [-0.4, -0.2) is 34.5 Å². The van der Waals surface area contributed by atoms with Gasteiger partial charge >= 0.3 is 12.1 Å². The van der Waals surface area contributed by atoms with Gasteiger partial charge in [0.05, 0.1) is 5.56 Å². The summed E-state index contributed by atoms with van der Waals surface area (Å²) in [4.78, 5) is 24.9. The maximum atomic E-state index is 13.1. The first-order valence-electron chi connectivity index (χ1n) is 7.50.